The van der Waals surface area contributed by atoms with Crippen LogP contribution in [0.1, 0.15) is 19.3 Å². The van der Waals surface area contributed by atoms with E-state index < -0.39 is 0 Å². The Labute approximate surface area is 88.7 Å². The van der Waals surface area contributed by atoms with E-state index in [4.69, 9.17) is 4.74 Å². The molecule has 2 rings (SSSR count). The van der Waals surface area contributed by atoms with Gasteiger partial charge in [-0.25, -0.2) is 4.39 Å². The molecule has 1 aromatic rings. The van der Waals surface area contributed by atoms with Gasteiger partial charge in [0.25, 0.3) is 0 Å². The van der Waals surface area contributed by atoms with E-state index in [1.54, 1.807) is 12.1 Å². The first-order valence-electron chi connectivity index (χ1n) is 5.32. The van der Waals surface area contributed by atoms with Crippen LogP contribution in [0.4, 0.5) is 4.39 Å². The van der Waals surface area contributed by atoms with Crippen molar-refractivity contribution in [2.24, 2.45) is 5.92 Å². The van der Waals surface area contributed by atoms with Crippen molar-refractivity contribution >= 4 is 0 Å². The fourth-order valence-electron chi connectivity index (χ4n) is 1.67. The van der Waals surface area contributed by atoms with Gasteiger partial charge in [0.15, 0.2) is 0 Å². The number of aliphatic hydroxyl groups excluding tert-OH is 1. The Morgan fingerprint density at radius 2 is 2.00 bits per heavy atom. The van der Waals surface area contributed by atoms with E-state index in [9.17, 15) is 9.50 Å². The molecule has 1 fully saturated rings. The number of hydrogen-bond acceptors (Lipinski definition) is 2. The average Bonchev–Trinajstić information content (AvgIpc) is 2.14. The van der Waals surface area contributed by atoms with Crippen LogP contribution < -0.4 is 4.74 Å². The monoisotopic (exact) mass is 210 g/mol. The summed E-state index contributed by atoms with van der Waals surface area (Å²) in [5.74, 6) is 0.724. The van der Waals surface area contributed by atoms with Crippen LogP contribution in [0.3, 0.4) is 0 Å². The third-order valence-corrected chi connectivity index (χ3v) is 2.93. The molecule has 0 saturated heterocycles. The quantitative estimate of drug-likeness (QED) is 0.826. The highest BCUT2D eigenvalue weighted by Gasteiger charge is 2.25. The minimum atomic E-state index is -0.385. The van der Waals surface area contributed by atoms with Gasteiger partial charge in [-0.3, -0.25) is 0 Å². The molecule has 0 aromatic heterocycles. The maximum Gasteiger partial charge on any atom is 0.123 e. The first-order valence-corrected chi connectivity index (χ1v) is 5.32. The second-order valence-electron chi connectivity index (χ2n) is 4.02. The van der Waals surface area contributed by atoms with Gasteiger partial charge in [0, 0.05) is 0 Å². The molecule has 3 heteroatoms. The highest BCUT2D eigenvalue weighted by molar-refractivity contribution is 5.22. The predicted molar refractivity (Wildman–Crippen MR) is 55.2 cm³/mol. The predicted octanol–water partition coefficient (Wildman–Crippen LogP) is 2.37. The summed E-state index contributed by atoms with van der Waals surface area (Å²) in [6.45, 7) is 0.302. The first kappa shape index (κ1) is 10.4. The number of halogens is 1. The lowest BCUT2D eigenvalue weighted by atomic mass is 9.81. The Morgan fingerprint density at radius 3 is 2.53 bits per heavy atom. The lowest BCUT2D eigenvalue weighted by Crippen LogP contribution is -2.31. The summed E-state index contributed by atoms with van der Waals surface area (Å²) in [6.07, 6.45) is 3.00. The molecule has 15 heavy (non-hydrogen) atoms. The van der Waals surface area contributed by atoms with Gasteiger partial charge in [-0.05, 0) is 43.0 Å². The van der Waals surface area contributed by atoms with Gasteiger partial charge in [-0.15, -0.1) is 0 Å². The van der Waals surface area contributed by atoms with Crippen LogP contribution in [0.5, 0.6) is 5.75 Å². The van der Waals surface area contributed by atoms with Gasteiger partial charge in [0.05, 0.1) is 6.10 Å². The Balaban J connectivity index is 1.79. The Kier molecular flexibility index (Phi) is 3.21. The van der Waals surface area contributed by atoms with Crippen molar-refractivity contribution in [1.29, 1.82) is 0 Å². The minimum Gasteiger partial charge on any atom is -0.491 e. The van der Waals surface area contributed by atoms with E-state index in [1.807, 2.05) is 0 Å². The number of ether oxygens (including phenoxy) is 1. The summed E-state index contributed by atoms with van der Waals surface area (Å²) in [4.78, 5) is 0. The zero-order valence-corrected chi connectivity index (χ0v) is 8.53. The normalized spacial score (nSPS) is 18.3. The summed E-state index contributed by atoms with van der Waals surface area (Å²) in [5, 5.41) is 9.69. The van der Waals surface area contributed by atoms with Crippen LogP contribution in [0, 0.1) is 11.7 Å². The minimum absolute atomic E-state index is 0.276. The maximum absolute atomic E-state index is 12.6. The summed E-state index contributed by atoms with van der Waals surface area (Å²) in [7, 11) is 0. The molecule has 1 atom stereocenters. The zero-order valence-electron chi connectivity index (χ0n) is 8.53. The Bertz CT molecular complexity index is 306. The van der Waals surface area contributed by atoms with E-state index >= 15 is 0 Å². The van der Waals surface area contributed by atoms with Gasteiger partial charge in [0.1, 0.15) is 18.2 Å². The number of benzene rings is 1. The number of hydrogen-bond donors (Lipinski definition) is 1. The lowest BCUT2D eigenvalue weighted by Gasteiger charge is -2.30. The second kappa shape index (κ2) is 4.62. The average molecular weight is 210 g/mol. The molecule has 1 N–H and O–H groups in total. The SMILES string of the molecule is OC(COc1ccc(F)cc1)C1CCC1. The van der Waals surface area contributed by atoms with Crippen molar-refractivity contribution in [3.63, 3.8) is 0 Å². The largest absolute Gasteiger partial charge is 0.491 e. The molecule has 0 spiro atoms. The molecule has 82 valence electrons. The summed E-state index contributed by atoms with van der Waals surface area (Å²) in [5.41, 5.74) is 0. The smallest absolute Gasteiger partial charge is 0.123 e. The molecule has 1 unspecified atom stereocenters. The molecule has 0 amide bonds. The van der Waals surface area contributed by atoms with Crippen LogP contribution >= 0.6 is 0 Å². The van der Waals surface area contributed by atoms with Crippen molar-refractivity contribution in [2.75, 3.05) is 6.61 Å². The van der Waals surface area contributed by atoms with E-state index in [2.05, 4.69) is 0 Å². The fourth-order valence-corrected chi connectivity index (χ4v) is 1.67. The summed E-state index contributed by atoms with van der Waals surface area (Å²) < 4.78 is 17.9. The van der Waals surface area contributed by atoms with Gasteiger partial charge in [0.2, 0.25) is 0 Å². The van der Waals surface area contributed by atoms with Crippen LogP contribution in [-0.2, 0) is 0 Å². The van der Waals surface area contributed by atoms with E-state index in [1.165, 1.54) is 18.6 Å². The van der Waals surface area contributed by atoms with Gasteiger partial charge >= 0.3 is 0 Å². The molecule has 2 nitrogen and oxygen atoms in total. The lowest BCUT2D eigenvalue weighted by molar-refractivity contribution is 0.0241. The third kappa shape index (κ3) is 2.69. The molecule has 0 radical (unpaired) electrons. The second-order valence-corrected chi connectivity index (χ2v) is 4.02. The molecular formula is C12H15FO2. The van der Waals surface area contributed by atoms with Crippen LogP contribution in [-0.4, -0.2) is 17.8 Å². The molecule has 1 aliphatic rings. The van der Waals surface area contributed by atoms with Crippen molar-refractivity contribution < 1.29 is 14.2 Å². The van der Waals surface area contributed by atoms with Gasteiger partial charge in [-0.1, -0.05) is 6.42 Å². The summed E-state index contributed by atoms with van der Waals surface area (Å²) in [6, 6.07) is 5.85. The molecule has 0 heterocycles. The van der Waals surface area contributed by atoms with E-state index in [0.29, 0.717) is 18.3 Å². The van der Waals surface area contributed by atoms with Crippen LogP contribution in [0.15, 0.2) is 24.3 Å². The number of rotatable bonds is 4. The van der Waals surface area contributed by atoms with Crippen LogP contribution in [0.25, 0.3) is 0 Å². The van der Waals surface area contributed by atoms with Crippen molar-refractivity contribution in [3.8, 4) is 5.75 Å². The maximum atomic E-state index is 12.6. The molecule has 1 aliphatic carbocycles. The van der Waals surface area contributed by atoms with E-state index in [-0.39, 0.29) is 11.9 Å². The van der Waals surface area contributed by atoms with Crippen molar-refractivity contribution in [1.82, 2.24) is 0 Å². The van der Waals surface area contributed by atoms with Gasteiger partial charge in [-0.2, -0.15) is 0 Å². The van der Waals surface area contributed by atoms with Gasteiger partial charge < -0.3 is 9.84 Å². The van der Waals surface area contributed by atoms with Crippen molar-refractivity contribution in [2.45, 2.75) is 25.4 Å². The molecule has 1 aromatic carbocycles. The topological polar surface area (TPSA) is 29.5 Å². The first-order chi connectivity index (χ1) is 7.25. The Morgan fingerprint density at radius 1 is 1.33 bits per heavy atom. The standard InChI is InChI=1S/C12H15FO2/c13-10-4-6-11(7-5-10)15-8-12(14)9-2-1-3-9/h4-7,9,12,14H,1-3,8H2. The zero-order chi connectivity index (χ0) is 10.7. The van der Waals surface area contributed by atoms with Crippen LogP contribution in [0.2, 0.25) is 0 Å². The molecule has 0 bridgehead atoms. The molecular weight excluding hydrogens is 195 g/mol. The fraction of sp³-hybridized carbons (Fsp3) is 0.500. The third-order valence-electron chi connectivity index (χ3n) is 2.93. The number of aliphatic hydroxyl groups is 1. The molecule has 1 saturated carbocycles. The highest BCUT2D eigenvalue weighted by atomic mass is 19.1. The summed E-state index contributed by atoms with van der Waals surface area (Å²) >= 11 is 0. The van der Waals surface area contributed by atoms with E-state index in [0.717, 1.165) is 12.8 Å². The molecule has 0 aliphatic heterocycles. The van der Waals surface area contributed by atoms with Crippen molar-refractivity contribution in [3.05, 3.63) is 30.1 Å². The highest BCUT2D eigenvalue weighted by Crippen LogP contribution is 2.29. The Hall–Kier alpha value is -1.09.